The Kier molecular flexibility index (Phi) is 7.03. The van der Waals surface area contributed by atoms with E-state index in [1.807, 2.05) is 6.92 Å². The van der Waals surface area contributed by atoms with Crippen molar-refractivity contribution in [1.29, 1.82) is 0 Å². The SMILES string of the molecule is CCC(O)CCNCC1CCCCCC1. The fourth-order valence-electron chi connectivity index (χ4n) is 2.35. The number of aliphatic hydroxyl groups is 1. The molecule has 1 unspecified atom stereocenters. The molecule has 2 heteroatoms. The Bertz CT molecular complexity index is 141. The topological polar surface area (TPSA) is 32.3 Å². The number of nitrogens with one attached hydrogen (secondary N) is 1. The highest BCUT2D eigenvalue weighted by Gasteiger charge is 2.11. The van der Waals surface area contributed by atoms with Crippen molar-refractivity contribution >= 4 is 0 Å². The number of hydrogen-bond donors (Lipinski definition) is 2. The maximum absolute atomic E-state index is 9.40. The summed E-state index contributed by atoms with van der Waals surface area (Å²) in [5.74, 6) is 0.895. The van der Waals surface area contributed by atoms with Gasteiger partial charge >= 0.3 is 0 Å². The minimum Gasteiger partial charge on any atom is -0.393 e. The molecule has 1 aliphatic rings. The van der Waals surface area contributed by atoms with Crippen LogP contribution >= 0.6 is 0 Å². The second kappa shape index (κ2) is 8.12. The summed E-state index contributed by atoms with van der Waals surface area (Å²) in [6.45, 7) is 4.18. The van der Waals surface area contributed by atoms with Crippen LogP contribution in [0.4, 0.5) is 0 Å². The number of rotatable bonds is 6. The van der Waals surface area contributed by atoms with Crippen molar-refractivity contribution in [3.05, 3.63) is 0 Å². The van der Waals surface area contributed by atoms with Gasteiger partial charge in [0, 0.05) is 0 Å². The Labute approximate surface area is 94.5 Å². The molecule has 0 radical (unpaired) electrons. The molecule has 15 heavy (non-hydrogen) atoms. The van der Waals surface area contributed by atoms with E-state index in [-0.39, 0.29) is 6.10 Å². The van der Waals surface area contributed by atoms with Gasteiger partial charge < -0.3 is 10.4 Å². The van der Waals surface area contributed by atoms with Gasteiger partial charge in [-0.05, 0) is 44.7 Å². The van der Waals surface area contributed by atoms with Crippen molar-refractivity contribution in [3.63, 3.8) is 0 Å². The van der Waals surface area contributed by atoms with E-state index in [1.54, 1.807) is 0 Å². The largest absolute Gasteiger partial charge is 0.393 e. The fraction of sp³-hybridized carbons (Fsp3) is 1.00. The highest BCUT2D eigenvalue weighted by Crippen LogP contribution is 2.21. The lowest BCUT2D eigenvalue weighted by molar-refractivity contribution is 0.159. The van der Waals surface area contributed by atoms with Gasteiger partial charge in [0.2, 0.25) is 0 Å². The molecule has 0 amide bonds. The van der Waals surface area contributed by atoms with E-state index < -0.39 is 0 Å². The molecule has 0 aromatic carbocycles. The highest BCUT2D eigenvalue weighted by molar-refractivity contribution is 4.67. The molecule has 1 rings (SSSR count). The first-order valence-corrected chi connectivity index (χ1v) is 6.71. The van der Waals surface area contributed by atoms with Gasteiger partial charge in [-0.2, -0.15) is 0 Å². The van der Waals surface area contributed by atoms with Crippen LogP contribution in [0.3, 0.4) is 0 Å². The van der Waals surface area contributed by atoms with E-state index in [2.05, 4.69) is 5.32 Å². The van der Waals surface area contributed by atoms with Crippen LogP contribution in [0, 0.1) is 5.92 Å². The Morgan fingerprint density at radius 1 is 1.20 bits per heavy atom. The predicted molar refractivity (Wildman–Crippen MR) is 65.0 cm³/mol. The van der Waals surface area contributed by atoms with E-state index in [0.29, 0.717) is 0 Å². The average molecular weight is 213 g/mol. The lowest BCUT2D eigenvalue weighted by Gasteiger charge is -2.15. The van der Waals surface area contributed by atoms with E-state index in [0.717, 1.165) is 31.8 Å². The summed E-state index contributed by atoms with van der Waals surface area (Å²) in [6, 6.07) is 0. The zero-order valence-electron chi connectivity index (χ0n) is 10.2. The van der Waals surface area contributed by atoms with E-state index in [9.17, 15) is 5.11 Å². The van der Waals surface area contributed by atoms with Crippen molar-refractivity contribution in [3.8, 4) is 0 Å². The molecule has 1 atom stereocenters. The van der Waals surface area contributed by atoms with E-state index in [4.69, 9.17) is 0 Å². The minimum atomic E-state index is -0.105. The smallest absolute Gasteiger partial charge is 0.0549 e. The Morgan fingerprint density at radius 3 is 2.47 bits per heavy atom. The Hall–Kier alpha value is -0.0800. The van der Waals surface area contributed by atoms with Crippen molar-refractivity contribution in [1.82, 2.24) is 5.32 Å². The summed E-state index contributed by atoms with van der Waals surface area (Å²) in [4.78, 5) is 0. The van der Waals surface area contributed by atoms with Gasteiger partial charge in [-0.3, -0.25) is 0 Å². The highest BCUT2D eigenvalue weighted by atomic mass is 16.3. The summed E-state index contributed by atoms with van der Waals surface area (Å²) in [5.41, 5.74) is 0. The first-order valence-electron chi connectivity index (χ1n) is 6.71. The molecule has 0 aromatic heterocycles. The Morgan fingerprint density at radius 2 is 1.87 bits per heavy atom. The van der Waals surface area contributed by atoms with Crippen LogP contribution < -0.4 is 5.32 Å². The maximum atomic E-state index is 9.40. The van der Waals surface area contributed by atoms with Crippen LogP contribution in [0.15, 0.2) is 0 Å². The van der Waals surface area contributed by atoms with Gasteiger partial charge in [-0.1, -0.05) is 32.6 Å². The first kappa shape index (κ1) is 13.0. The van der Waals surface area contributed by atoms with Crippen molar-refractivity contribution in [2.75, 3.05) is 13.1 Å². The third-order valence-corrected chi connectivity index (χ3v) is 3.53. The molecule has 1 fully saturated rings. The summed E-state index contributed by atoms with van der Waals surface area (Å²) in [5, 5.41) is 12.9. The molecule has 0 spiro atoms. The number of hydrogen-bond acceptors (Lipinski definition) is 2. The summed E-state index contributed by atoms with van der Waals surface area (Å²) in [6.07, 6.45) is 10.2. The molecule has 90 valence electrons. The van der Waals surface area contributed by atoms with Crippen LogP contribution in [-0.4, -0.2) is 24.3 Å². The van der Waals surface area contributed by atoms with Crippen LogP contribution in [0.2, 0.25) is 0 Å². The lowest BCUT2D eigenvalue weighted by atomic mass is 10.0. The molecule has 2 N–H and O–H groups in total. The molecule has 1 saturated carbocycles. The Balaban J connectivity index is 1.98. The summed E-state index contributed by atoms with van der Waals surface area (Å²) >= 11 is 0. The van der Waals surface area contributed by atoms with Gasteiger partial charge in [0.05, 0.1) is 6.10 Å². The van der Waals surface area contributed by atoms with Gasteiger partial charge in [-0.15, -0.1) is 0 Å². The van der Waals surface area contributed by atoms with Crippen molar-refractivity contribution in [2.45, 2.75) is 64.4 Å². The standard InChI is InChI=1S/C13H27NO/c1-2-13(15)9-10-14-11-12-7-5-3-4-6-8-12/h12-15H,2-11H2,1H3. The maximum Gasteiger partial charge on any atom is 0.0549 e. The van der Waals surface area contributed by atoms with Gasteiger partial charge in [-0.25, -0.2) is 0 Å². The number of aliphatic hydroxyl groups excluding tert-OH is 1. The predicted octanol–water partition coefficient (Wildman–Crippen LogP) is 2.71. The van der Waals surface area contributed by atoms with Crippen molar-refractivity contribution in [2.24, 2.45) is 5.92 Å². The fourth-order valence-corrected chi connectivity index (χ4v) is 2.35. The van der Waals surface area contributed by atoms with Crippen LogP contribution in [0.5, 0.6) is 0 Å². The molecule has 0 aliphatic heterocycles. The third kappa shape index (κ3) is 6.16. The quantitative estimate of drug-likeness (QED) is 0.525. The zero-order valence-corrected chi connectivity index (χ0v) is 10.2. The molecule has 0 aromatic rings. The second-order valence-electron chi connectivity index (χ2n) is 4.91. The summed E-state index contributed by atoms with van der Waals surface area (Å²) < 4.78 is 0. The molecule has 0 saturated heterocycles. The van der Waals surface area contributed by atoms with Crippen LogP contribution in [0.25, 0.3) is 0 Å². The second-order valence-corrected chi connectivity index (χ2v) is 4.91. The van der Waals surface area contributed by atoms with Gasteiger partial charge in [0.15, 0.2) is 0 Å². The summed E-state index contributed by atoms with van der Waals surface area (Å²) in [7, 11) is 0. The molecular formula is C13H27NO. The normalized spacial score (nSPS) is 21.2. The molecule has 2 nitrogen and oxygen atoms in total. The van der Waals surface area contributed by atoms with Crippen molar-refractivity contribution < 1.29 is 5.11 Å². The molecular weight excluding hydrogens is 186 g/mol. The first-order chi connectivity index (χ1) is 7.33. The zero-order chi connectivity index (χ0) is 10.9. The molecule has 0 heterocycles. The van der Waals surface area contributed by atoms with E-state index in [1.165, 1.54) is 38.5 Å². The van der Waals surface area contributed by atoms with E-state index >= 15 is 0 Å². The van der Waals surface area contributed by atoms with Crippen LogP contribution in [-0.2, 0) is 0 Å². The van der Waals surface area contributed by atoms with Gasteiger partial charge in [0.25, 0.3) is 0 Å². The third-order valence-electron chi connectivity index (χ3n) is 3.53. The lowest BCUT2D eigenvalue weighted by Crippen LogP contribution is -2.26. The minimum absolute atomic E-state index is 0.105. The molecule has 1 aliphatic carbocycles. The van der Waals surface area contributed by atoms with Crippen LogP contribution in [0.1, 0.15) is 58.3 Å². The monoisotopic (exact) mass is 213 g/mol. The average Bonchev–Trinajstić information content (AvgIpc) is 2.52. The van der Waals surface area contributed by atoms with Gasteiger partial charge in [0.1, 0.15) is 0 Å². The molecule has 0 bridgehead atoms.